The Balaban J connectivity index is 1.52. The second-order valence-electron chi connectivity index (χ2n) is 11.0. The number of aryl methyl sites for hydroxylation is 4. The molecule has 40 heavy (non-hydrogen) atoms. The van der Waals surface area contributed by atoms with Gasteiger partial charge in [-0.15, -0.1) is 5.10 Å². The van der Waals surface area contributed by atoms with Crippen molar-refractivity contribution in [2.45, 2.75) is 73.4 Å². The van der Waals surface area contributed by atoms with E-state index in [0.29, 0.717) is 13.1 Å². The Hall–Kier alpha value is -4.00. The van der Waals surface area contributed by atoms with E-state index in [1.165, 1.54) is 12.7 Å². The van der Waals surface area contributed by atoms with E-state index in [1.807, 2.05) is 43.3 Å². The molecular formula is C33H38N4O3. The molecule has 1 aliphatic rings. The van der Waals surface area contributed by atoms with Crippen LogP contribution < -0.4 is 0 Å². The molecule has 208 valence electrons. The first-order chi connectivity index (χ1) is 19.1. The fourth-order valence-corrected chi connectivity index (χ4v) is 6.11. The van der Waals surface area contributed by atoms with Gasteiger partial charge in [-0.1, -0.05) is 35.5 Å². The summed E-state index contributed by atoms with van der Waals surface area (Å²) in [6, 6.07) is 12.7. The van der Waals surface area contributed by atoms with Crippen LogP contribution >= 0.6 is 0 Å². The Kier molecular flexibility index (Phi) is 7.49. The van der Waals surface area contributed by atoms with Crippen molar-refractivity contribution in [2.75, 3.05) is 13.7 Å². The molecule has 0 saturated carbocycles. The van der Waals surface area contributed by atoms with E-state index in [0.717, 1.165) is 74.1 Å². The predicted molar refractivity (Wildman–Crippen MR) is 157 cm³/mol. The minimum absolute atomic E-state index is 0.0873. The summed E-state index contributed by atoms with van der Waals surface area (Å²) in [6.45, 7) is 14.3. The van der Waals surface area contributed by atoms with Gasteiger partial charge in [-0.2, -0.15) is 0 Å². The highest BCUT2D eigenvalue weighted by molar-refractivity contribution is 5.98. The number of aromatic nitrogens is 3. The lowest BCUT2D eigenvalue weighted by Crippen LogP contribution is -2.37. The van der Waals surface area contributed by atoms with E-state index in [9.17, 15) is 9.59 Å². The molecule has 0 fully saturated rings. The third-order valence-electron chi connectivity index (χ3n) is 8.77. The van der Waals surface area contributed by atoms with Crippen LogP contribution in [0.15, 0.2) is 36.4 Å². The zero-order valence-electron chi connectivity index (χ0n) is 24.6. The molecule has 1 aliphatic heterocycles. The molecule has 0 bridgehead atoms. The standard InChI is InChI=1S/C33H38N4O3/c1-8-37-29-12-11-27(23(6)32(29)34-35-37)28(17-30(38)40-7)25-10-9-24-13-14-36(18-26(24)16-25)33(39)31-21(4)19(2)15-20(3)22(31)5/h9-12,15-16,28H,8,13-14,17-18H2,1-7H3. The fourth-order valence-electron chi connectivity index (χ4n) is 6.11. The monoisotopic (exact) mass is 538 g/mol. The van der Waals surface area contributed by atoms with Crippen LogP contribution in [0.3, 0.4) is 0 Å². The number of fused-ring (bicyclic) bond motifs is 2. The Morgan fingerprint density at radius 1 is 0.950 bits per heavy atom. The predicted octanol–water partition coefficient (Wildman–Crippen LogP) is 5.89. The van der Waals surface area contributed by atoms with Crippen LogP contribution in [0.1, 0.15) is 79.7 Å². The van der Waals surface area contributed by atoms with E-state index in [4.69, 9.17) is 4.74 Å². The van der Waals surface area contributed by atoms with Crippen LogP contribution in [0.4, 0.5) is 0 Å². The lowest BCUT2D eigenvalue weighted by atomic mass is 9.83. The summed E-state index contributed by atoms with van der Waals surface area (Å²) in [5.74, 6) is -0.384. The van der Waals surface area contributed by atoms with Gasteiger partial charge in [0.15, 0.2) is 0 Å². The van der Waals surface area contributed by atoms with Crippen molar-refractivity contribution in [2.24, 2.45) is 0 Å². The van der Waals surface area contributed by atoms with Crippen molar-refractivity contribution in [3.8, 4) is 0 Å². The molecule has 0 saturated heterocycles. The van der Waals surface area contributed by atoms with Crippen molar-refractivity contribution in [1.82, 2.24) is 19.9 Å². The molecule has 0 aliphatic carbocycles. The third-order valence-corrected chi connectivity index (χ3v) is 8.77. The lowest BCUT2D eigenvalue weighted by molar-refractivity contribution is -0.140. The number of carbonyl (C=O) groups excluding carboxylic acids is 2. The Labute approximate surface area is 236 Å². The molecule has 0 spiro atoms. The topological polar surface area (TPSA) is 77.3 Å². The van der Waals surface area contributed by atoms with Crippen LogP contribution in [-0.2, 0) is 29.0 Å². The van der Waals surface area contributed by atoms with Gasteiger partial charge in [0, 0.05) is 31.1 Å². The normalized spacial score (nSPS) is 13.8. The van der Waals surface area contributed by atoms with Crippen LogP contribution in [0.5, 0.6) is 0 Å². The molecule has 0 radical (unpaired) electrons. The first kappa shape index (κ1) is 27.6. The Bertz CT molecular complexity index is 1610. The summed E-state index contributed by atoms with van der Waals surface area (Å²) in [4.78, 5) is 28.4. The van der Waals surface area contributed by atoms with Crippen molar-refractivity contribution in [3.63, 3.8) is 0 Å². The number of amides is 1. The van der Waals surface area contributed by atoms with E-state index in [-0.39, 0.29) is 24.2 Å². The maximum atomic E-state index is 13.8. The molecule has 7 nitrogen and oxygen atoms in total. The molecule has 7 heteroatoms. The summed E-state index contributed by atoms with van der Waals surface area (Å²) in [6.07, 6.45) is 1.02. The van der Waals surface area contributed by atoms with Crippen molar-refractivity contribution < 1.29 is 14.3 Å². The number of methoxy groups -OCH3 is 1. The van der Waals surface area contributed by atoms with Crippen molar-refractivity contribution in [1.29, 1.82) is 0 Å². The number of rotatable bonds is 6. The summed E-state index contributed by atoms with van der Waals surface area (Å²) in [7, 11) is 1.43. The molecule has 4 aromatic rings. The first-order valence-electron chi connectivity index (χ1n) is 14.0. The van der Waals surface area contributed by atoms with E-state index in [1.54, 1.807) is 0 Å². The van der Waals surface area contributed by atoms with Gasteiger partial charge in [0.05, 0.1) is 19.0 Å². The molecule has 1 atom stereocenters. The van der Waals surface area contributed by atoms with Gasteiger partial charge >= 0.3 is 5.97 Å². The van der Waals surface area contributed by atoms with Crippen LogP contribution in [0.25, 0.3) is 11.0 Å². The van der Waals surface area contributed by atoms with Gasteiger partial charge in [0.2, 0.25) is 0 Å². The van der Waals surface area contributed by atoms with Crippen LogP contribution in [-0.4, -0.2) is 45.4 Å². The van der Waals surface area contributed by atoms with Gasteiger partial charge < -0.3 is 9.64 Å². The van der Waals surface area contributed by atoms with Gasteiger partial charge in [0.25, 0.3) is 5.91 Å². The number of hydrogen-bond donors (Lipinski definition) is 0. The van der Waals surface area contributed by atoms with E-state index in [2.05, 4.69) is 54.5 Å². The van der Waals surface area contributed by atoms with E-state index < -0.39 is 0 Å². The smallest absolute Gasteiger partial charge is 0.306 e. The maximum Gasteiger partial charge on any atom is 0.306 e. The Morgan fingerprint density at radius 2 is 1.68 bits per heavy atom. The second-order valence-corrected chi connectivity index (χ2v) is 11.0. The summed E-state index contributed by atoms with van der Waals surface area (Å²) < 4.78 is 6.98. The number of benzene rings is 3. The summed E-state index contributed by atoms with van der Waals surface area (Å²) in [5, 5.41) is 8.73. The average Bonchev–Trinajstić information content (AvgIpc) is 3.38. The van der Waals surface area contributed by atoms with Crippen LogP contribution in [0.2, 0.25) is 0 Å². The largest absolute Gasteiger partial charge is 0.469 e. The number of hydrogen-bond acceptors (Lipinski definition) is 5. The lowest BCUT2D eigenvalue weighted by Gasteiger charge is -2.31. The van der Waals surface area contributed by atoms with Crippen LogP contribution in [0, 0.1) is 34.6 Å². The first-order valence-corrected chi connectivity index (χ1v) is 14.0. The molecule has 2 heterocycles. The highest BCUT2D eigenvalue weighted by Crippen LogP contribution is 2.36. The SMILES string of the molecule is CCn1nnc2c(C)c(C(CC(=O)OC)c3ccc4c(c3)CN(C(=O)c3c(C)c(C)cc(C)c3C)CC4)ccc21. The average molecular weight is 539 g/mol. The van der Waals surface area contributed by atoms with Crippen molar-refractivity contribution >= 4 is 22.9 Å². The van der Waals surface area contributed by atoms with Crippen molar-refractivity contribution in [3.05, 3.63) is 92.0 Å². The minimum atomic E-state index is -0.267. The minimum Gasteiger partial charge on any atom is -0.469 e. The molecule has 5 rings (SSSR count). The molecule has 1 unspecified atom stereocenters. The number of carbonyl (C=O) groups is 2. The fraction of sp³-hybridized carbons (Fsp3) is 0.394. The Morgan fingerprint density at radius 3 is 2.35 bits per heavy atom. The molecular weight excluding hydrogens is 500 g/mol. The third kappa shape index (κ3) is 4.78. The highest BCUT2D eigenvalue weighted by Gasteiger charge is 2.28. The maximum absolute atomic E-state index is 13.8. The number of ether oxygens (including phenoxy) is 1. The van der Waals surface area contributed by atoms with Gasteiger partial charge in [0.1, 0.15) is 5.52 Å². The number of nitrogens with zero attached hydrogens (tertiary/aromatic N) is 4. The second kappa shape index (κ2) is 10.9. The zero-order chi connectivity index (χ0) is 28.7. The number of esters is 1. The quantitative estimate of drug-likeness (QED) is 0.286. The van der Waals surface area contributed by atoms with E-state index >= 15 is 0 Å². The van der Waals surface area contributed by atoms with Gasteiger partial charge in [-0.25, -0.2) is 4.68 Å². The molecule has 1 amide bonds. The van der Waals surface area contributed by atoms with Gasteiger partial charge in [-0.3, -0.25) is 9.59 Å². The molecule has 3 aromatic carbocycles. The van der Waals surface area contributed by atoms with Gasteiger partial charge in [-0.05, 0) is 104 Å². The molecule has 1 aromatic heterocycles. The molecule has 0 N–H and O–H groups in total. The zero-order valence-corrected chi connectivity index (χ0v) is 24.6. The summed E-state index contributed by atoms with van der Waals surface area (Å²) >= 11 is 0. The summed E-state index contributed by atoms with van der Waals surface area (Å²) in [5.41, 5.74) is 12.5. The highest BCUT2D eigenvalue weighted by atomic mass is 16.5.